The van der Waals surface area contributed by atoms with Gasteiger partial charge in [-0.05, 0) is 55.4 Å². The molecule has 0 N–H and O–H groups in total. The Kier molecular flexibility index (Phi) is 7.20. The fourth-order valence-electron chi connectivity index (χ4n) is 4.60. The second kappa shape index (κ2) is 10.4. The van der Waals surface area contributed by atoms with Gasteiger partial charge in [0.15, 0.2) is 0 Å². The minimum Gasteiger partial charge on any atom is -0.462 e. The van der Waals surface area contributed by atoms with Crippen LogP contribution in [0.5, 0.6) is 0 Å². The molecule has 1 aliphatic heterocycles. The Morgan fingerprint density at radius 3 is 2.38 bits per heavy atom. The average Bonchev–Trinajstić information content (AvgIpc) is 3.48. The second-order valence-electron chi connectivity index (χ2n) is 8.51. The number of oxime groups is 1. The Morgan fingerprint density at radius 2 is 1.69 bits per heavy atom. The largest absolute Gasteiger partial charge is 0.462 e. The quantitative estimate of drug-likeness (QED) is 0.462. The molecule has 0 aromatic heterocycles. The molecule has 2 aromatic carbocycles. The third-order valence-corrected chi connectivity index (χ3v) is 6.27. The predicted octanol–water partition coefficient (Wildman–Crippen LogP) is 4.84. The molecule has 1 atom stereocenters. The van der Waals surface area contributed by atoms with Gasteiger partial charge in [-0.2, -0.15) is 0 Å². The van der Waals surface area contributed by atoms with Crippen LogP contribution in [0.25, 0.3) is 11.1 Å². The highest BCUT2D eigenvalue weighted by Gasteiger charge is 2.34. The van der Waals surface area contributed by atoms with E-state index in [1.54, 1.807) is 4.90 Å². The van der Waals surface area contributed by atoms with Crippen molar-refractivity contribution < 1.29 is 19.2 Å². The molecular weight excluding hydrogens is 404 g/mol. The highest BCUT2D eigenvalue weighted by molar-refractivity contribution is 6.00. The molecule has 0 bridgehead atoms. The van der Waals surface area contributed by atoms with Gasteiger partial charge in [0.05, 0.1) is 12.3 Å². The van der Waals surface area contributed by atoms with Crippen molar-refractivity contribution in [3.63, 3.8) is 0 Å². The lowest BCUT2D eigenvalue weighted by atomic mass is 10.0. The van der Waals surface area contributed by atoms with Crippen molar-refractivity contribution in [1.82, 2.24) is 4.90 Å². The van der Waals surface area contributed by atoms with Crippen LogP contribution >= 0.6 is 0 Å². The smallest absolute Gasteiger partial charge is 0.306 e. The predicted molar refractivity (Wildman–Crippen MR) is 123 cm³/mol. The van der Waals surface area contributed by atoms with E-state index in [2.05, 4.69) is 5.16 Å². The SMILES string of the molecule is CON=C1CC(CCC(=O)OC2CCCC2)N(C(=O)c2ccc(-c3ccccc3)cc2)C1. The molecule has 6 nitrogen and oxygen atoms in total. The van der Waals surface area contributed by atoms with Crippen LogP contribution < -0.4 is 0 Å². The molecular formula is C26H30N2O4. The number of amides is 1. The van der Waals surface area contributed by atoms with Crippen molar-refractivity contribution >= 4 is 17.6 Å². The normalized spacial score (nSPS) is 20.0. The highest BCUT2D eigenvalue weighted by atomic mass is 16.6. The van der Waals surface area contributed by atoms with E-state index in [9.17, 15) is 9.59 Å². The molecule has 0 radical (unpaired) electrons. The minimum atomic E-state index is -0.173. The molecule has 0 spiro atoms. The van der Waals surface area contributed by atoms with Crippen molar-refractivity contribution in [3.05, 3.63) is 60.2 Å². The zero-order valence-electron chi connectivity index (χ0n) is 18.5. The third kappa shape index (κ3) is 5.36. The number of rotatable bonds is 7. The number of hydrogen-bond acceptors (Lipinski definition) is 5. The van der Waals surface area contributed by atoms with E-state index in [1.165, 1.54) is 7.11 Å². The maximum absolute atomic E-state index is 13.3. The fourth-order valence-corrected chi connectivity index (χ4v) is 4.60. The van der Waals surface area contributed by atoms with Gasteiger partial charge in [-0.3, -0.25) is 9.59 Å². The first kappa shape index (κ1) is 22.1. The van der Waals surface area contributed by atoms with E-state index in [0.717, 1.165) is 42.5 Å². The summed E-state index contributed by atoms with van der Waals surface area (Å²) < 4.78 is 5.58. The van der Waals surface area contributed by atoms with Crippen molar-refractivity contribution in [1.29, 1.82) is 0 Å². The van der Waals surface area contributed by atoms with Crippen LogP contribution in [-0.2, 0) is 14.4 Å². The number of hydrogen-bond donors (Lipinski definition) is 0. The van der Waals surface area contributed by atoms with Crippen LogP contribution in [0.4, 0.5) is 0 Å². The van der Waals surface area contributed by atoms with E-state index >= 15 is 0 Å². The summed E-state index contributed by atoms with van der Waals surface area (Å²) >= 11 is 0. The molecule has 1 heterocycles. The number of nitrogens with zero attached hydrogens (tertiary/aromatic N) is 2. The first-order valence-electron chi connectivity index (χ1n) is 11.4. The summed E-state index contributed by atoms with van der Waals surface area (Å²) in [7, 11) is 1.51. The van der Waals surface area contributed by atoms with Gasteiger partial charge in [0, 0.05) is 24.4 Å². The summed E-state index contributed by atoms with van der Waals surface area (Å²) in [6, 6.07) is 17.6. The molecule has 1 saturated carbocycles. The third-order valence-electron chi connectivity index (χ3n) is 6.27. The van der Waals surface area contributed by atoms with Crippen molar-refractivity contribution in [2.24, 2.45) is 5.16 Å². The number of carbonyl (C=O) groups excluding carboxylic acids is 2. The standard InChI is InChI=1S/C26H30N2O4/c1-31-27-22-17-23(15-16-25(29)32-24-9-5-6-10-24)28(18-22)26(30)21-13-11-20(12-14-21)19-7-3-2-4-8-19/h2-4,7-8,11-14,23-24H,5-6,9-10,15-18H2,1H3. The number of ether oxygens (including phenoxy) is 1. The second-order valence-corrected chi connectivity index (χ2v) is 8.51. The van der Waals surface area contributed by atoms with Gasteiger partial charge in [0.1, 0.15) is 13.2 Å². The Hall–Kier alpha value is -3.15. The van der Waals surface area contributed by atoms with Crippen LogP contribution in [0, 0.1) is 0 Å². The van der Waals surface area contributed by atoms with Gasteiger partial charge < -0.3 is 14.5 Å². The lowest BCUT2D eigenvalue weighted by molar-refractivity contribution is -0.149. The van der Waals surface area contributed by atoms with E-state index in [-0.39, 0.29) is 24.0 Å². The zero-order valence-corrected chi connectivity index (χ0v) is 18.5. The van der Waals surface area contributed by atoms with Gasteiger partial charge in [0.2, 0.25) is 0 Å². The molecule has 6 heteroatoms. The molecule has 2 aromatic rings. The van der Waals surface area contributed by atoms with Gasteiger partial charge in [-0.1, -0.05) is 47.6 Å². The van der Waals surface area contributed by atoms with Crippen LogP contribution in [0.3, 0.4) is 0 Å². The summed E-state index contributed by atoms with van der Waals surface area (Å²) in [5.41, 5.74) is 3.62. The lowest BCUT2D eigenvalue weighted by Gasteiger charge is -2.24. The zero-order chi connectivity index (χ0) is 22.3. The summed E-state index contributed by atoms with van der Waals surface area (Å²) in [5.74, 6) is -0.228. The monoisotopic (exact) mass is 434 g/mol. The summed E-state index contributed by atoms with van der Waals surface area (Å²) in [4.78, 5) is 32.3. The Balaban J connectivity index is 1.42. The first-order valence-corrected chi connectivity index (χ1v) is 11.4. The maximum Gasteiger partial charge on any atom is 0.306 e. The Morgan fingerprint density at radius 1 is 1.00 bits per heavy atom. The van der Waals surface area contributed by atoms with Crippen molar-refractivity contribution in [2.45, 2.75) is 57.1 Å². The molecule has 4 rings (SSSR count). The summed E-state index contributed by atoms with van der Waals surface area (Å²) in [6.07, 6.45) is 5.72. The summed E-state index contributed by atoms with van der Waals surface area (Å²) in [5, 5.41) is 4.07. The van der Waals surface area contributed by atoms with E-state index in [4.69, 9.17) is 9.57 Å². The molecule has 1 saturated heterocycles. The molecule has 1 aliphatic carbocycles. The van der Waals surface area contributed by atoms with Crippen LogP contribution in [-0.4, -0.2) is 48.3 Å². The van der Waals surface area contributed by atoms with Gasteiger partial charge in [-0.25, -0.2) is 0 Å². The van der Waals surface area contributed by atoms with Crippen LogP contribution in [0.15, 0.2) is 59.8 Å². The maximum atomic E-state index is 13.3. The van der Waals surface area contributed by atoms with Crippen molar-refractivity contribution in [2.75, 3.05) is 13.7 Å². The van der Waals surface area contributed by atoms with E-state index in [0.29, 0.717) is 31.4 Å². The Labute approximate surface area is 189 Å². The molecule has 1 amide bonds. The van der Waals surface area contributed by atoms with Gasteiger partial charge in [-0.15, -0.1) is 0 Å². The summed E-state index contributed by atoms with van der Waals surface area (Å²) in [6.45, 7) is 0.412. The number of carbonyl (C=O) groups is 2. The Bertz CT molecular complexity index is 950. The van der Waals surface area contributed by atoms with E-state index < -0.39 is 0 Å². The first-order chi connectivity index (χ1) is 15.6. The van der Waals surface area contributed by atoms with Crippen molar-refractivity contribution in [3.8, 4) is 11.1 Å². The number of esters is 1. The lowest BCUT2D eigenvalue weighted by Crippen LogP contribution is -2.36. The molecule has 2 aliphatic rings. The molecule has 168 valence electrons. The topological polar surface area (TPSA) is 68.2 Å². The van der Waals surface area contributed by atoms with Crippen LogP contribution in [0.2, 0.25) is 0 Å². The average molecular weight is 435 g/mol. The van der Waals surface area contributed by atoms with Crippen LogP contribution in [0.1, 0.15) is 55.3 Å². The molecule has 2 fully saturated rings. The minimum absolute atomic E-state index is 0.0555. The number of likely N-dealkylation sites (tertiary alicyclic amines) is 1. The molecule has 32 heavy (non-hydrogen) atoms. The van der Waals surface area contributed by atoms with Gasteiger partial charge >= 0.3 is 5.97 Å². The van der Waals surface area contributed by atoms with Gasteiger partial charge in [0.25, 0.3) is 5.91 Å². The fraction of sp³-hybridized carbons (Fsp3) is 0.423. The highest BCUT2D eigenvalue weighted by Crippen LogP contribution is 2.26. The molecule has 1 unspecified atom stereocenters. The number of benzene rings is 2. The van der Waals surface area contributed by atoms with E-state index in [1.807, 2.05) is 54.6 Å².